The Morgan fingerprint density at radius 2 is 1.81 bits per heavy atom. The van der Waals surface area contributed by atoms with Crippen molar-refractivity contribution in [2.45, 2.75) is 33.6 Å². The molecule has 2 nitrogen and oxygen atoms in total. The topological polar surface area (TPSA) is 27.0 Å². The van der Waals surface area contributed by atoms with E-state index in [9.17, 15) is 0 Å². The Hall–Kier alpha value is -1.49. The summed E-state index contributed by atoms with van der Waals surface area (Å²) < 4.78 is 0. The summed E-state index contributed by atoms with van der Waals surface area (Å²) in [7, 11) is 0. The molecular weight excluding hydrogens is 196 g/mol. The van der Waals surface area contributed by atoms with Crippen LogP contribution in [0.4, 0.5) is 5.69 Å². The van der Waals surface area contributed by atoms with Crippen LogP contribution in [0.5, 0.6) is 0 Å². The number of para-hydroxylation sites is 1. The fraction of sp³-hybridized carbons (Fsp3) is 0.500. The van der Waals surface area contributed by atoms with E-state index in [0.717, 1.165) is 37.2 Å². The molecule has 0 atom stereocenters. The van der Waals surface area contributed by atoms with Gasteiger partial charge in [-0.05, 0) is 31.4 Å². The maximum atomic E-state index is 9.15. The summed E-state index contributed by atoms with van der Waals surface area (Å²) in [6.45, 7) is 8.47. The Morgan fingerprint density at radius 3 is 2.31 bits per heavy atom. The van der Waals surface area contributed by atoms with Gasteiger partial charge in [0.15, 0.2) is 0 Å². The molecule has 0 fully saturated rings. The molecule has 0 bridgehead atoms. The minimum atomic E-state index is 0.793. The standard InChI is InChI=1S/C14H20N2/c1-4-9-16(10-5-2)14-12(3)7-6-8-13(14)11-15/h6-8H,4-5,9-10H2,1-3H3. The van der Waals surface area contributed by atoms with Gasteiger partial charge in [-0.1, -0.05) is 26.0 Å². The molecule has 0 unspecified atom stereocenters. The molecule has 86 valence electrons. The second-order valence-corrected chi connectivity index (χ2v) is 4.07. The molecule has 0 heterocycles. The van der Waals surface area contributed by atoms with Gasteiger partial charge in [0.2, 0.25) is 0 Å². The van der Waals surface area contributed by atoms with Gasteiger partial charge in [0.25, 0.3) is 0 Å². The van der Waals surface area contributed by atoms with Crippen LogP contribution in [0.15, 0.2) is 18.2 Å². The van der Waals surface area contributed by atoms with Crippen LogP contribution in [-0.2, 0) is 0 Å². The van der Waals surface area contributed by atoms with Crippen molar-refractivity contribution in [1.82, 2.24) is 0 Å². The Morgan fingerprint density at radius 1 is 1.19 bits per heavy atom. The van der Waals surface area contributed by atoms with Gasteiger partial charge < -0.3 is 4.90 Å². The van der Waals surface area contributed by atoms with Crippen molar-refractivity contribution in [3.05, 3.63) is 29.3 Å². The average molecular weight is 216 g/mol. The first-order chi connectivity index (χ1) is 7.74. The lowest BCUT2D eigenvalue weighted by molar-refractivity contribution is 0.742. The zero-order chi connectivity index (χ0) is 12.0. The molecule has 0 aliphatic heterocycles. The first kappa shape index (κ1) is 12.6. The van der Waals surface area contributed by atoms with Crippen molar-refractivity contribution in [3.63, 3.8) is 0 Å². The van der Waals surface area contributed by atoms with E-state index in [4.69, 9.17) is 5.26 Å². The van der Waals surface area contributed by atoms with Gasteiger partial charge in [-0.2, -0.15) is 5.26 Å². The molecule has 0 aromatic heterocycles. The summed E-state index contributed by atoms with van der Waals surface area (Å²) in [6, 6.07) is 8.23. The molecule has 1 aromatic carbocycles. The lowest BCUT2D eigenvalue weighted by atomic mass is 10.1. The fourth-order valence-corrected chi connectivity index (χ4v) is 2.04. The highest BCUT2D eigenvalue weighted by Gasteiger charge is 2.11. The summed E-state index contributed by atoms with van der Waals surface area (Å²) in [5, 5.41) is 9.15. The van der Waals surface area contributed by atoms with E-state index in [1.807, 2.05) is 12.1 Å². The zero-order valence-electron chi connectivity index (χ0n) is 10.5. The molecule has 0 aliphatic carbocycles. The predicted molar refractivity (Wildman–Crippen MR) is 68.7 cm³/mol. The number of rotatable bonds is 5. The van der Waals surface area contributed by atoms with Crippen molar-refractivity contribution in [2.75, 3.05) is 18.0 Å². The first-order valence-corrected chi connectivity index (χ1v) is 5.99. The summed E-state index contributed by atoms with van der Waals surface area (Å²) in [5.74, 6) is 0. The fourth-order valence-electron chi connectivity index (χ4n) is 2.04. The molecule has 0 aliphatic rings. The van der Waals surface area contributed by atoms with Crippen LogP contribution in [0.2, 0.25) is 0 Å². The van der Waals surface area contributed by atoms with E-state index in [1.54, 1.807) is 0 Å². The Balaban J connectivity index is 3.11. The second kappa shape index (κ2) is 6.17. The Kier molecular flexibility index (Phi) is 4.85. The van der Waals surface area contributed by atoms with Crippen molar-refractivity contribution in [3.8, 4) is 6.07 Å². The van der Waals surface area contributed by atoms with Crippen LogP contribution in [0.1, 0.15) is 37.8 Å². The normalized spacial score (nSPS) is 9.88. The first-order valence-electron chi connectivity index (χ1n) is 5.99. The van der Waals surface area contributed by atoms with Crippen LogP contribution in [0.3, 0.4) is 0 Å². The van der Waals surface area contributed by atoms with Gasteiger partial charge in [0.1, 0.15) is 6.07 Å². The van der Waals surface area contributed by atoms with Crippen molar-refractivity contribution < 1.29 is 0 Å². The third kappa shape index (κ3) is 2.76. The van der Waals surface area contributed by atoms with Gasteiger partial charge >= 0.3 is 0 Å². The molecule has 0 saturated carbocycles. The quantitative estimate of drug-likeness (QED) is 0.753. The second-order valence-electron chi connectivity index (χ2n) is 4.07. The number of aryl methyl sites for hydroxylation is 1. The van der Waals surface area contributed by atoms with Crippen molar-refractivity contribution >= 4 is 5.69 Å². The van der Waals surface area contributed by atoms with Gasteiger partial charge in [-0.3, -0.25) is 0 Å². The van der Waals surface area contributed by atoms with E-state index in [1.165, 1.54) is 5.56 Å². The van der Waals surface area contributed by atoms with E-state index in [-0.39, 0.29) is 0 Å². The monoisotopic (exact) mass is 216 g/mol. The summed E-state index contributed by atoms with van der Waals surface area (Å²) >= 11 is 0. The molecule has 1 aromatic rings. The third-order valence-electron chi connectivity index (χ3n) is 2.66. The molecule has 1 rings (SSSR count). The summed E-state index contributed by atoms with van der Waals surface area (Å²) in [4.78, 5) is 2.33. The highest BCUT2D eigenvalue weighted by Crippen LogP contribution is 2.25. The van der Waals surface area contributed by atoms with E-state index in [2.05, 4.69) is 37.8 Å². The minimum absolute atomic E-state index is 0.793. The number of benzene rings is 1. The SMILES string of the molecule is CCCN(CCC)c1c(C)cccc1C#N. The lowest BCUT2D eigenvalue weighted by Gasteiger charge is -2.26. The maximum Gasteiger partial charge on any atom is 0.101 e. The van der Waals surface area contributed by atoms with Crippen LogP contribution in [0.25, 0.3) is 0 Å². The van der Waals surface area contributed by atoms with Crippen LogP contribution in [0, 0.1) is 18.3 Å². The van der Waals surface area contributed by atoms with E-state index >= 15 is 0 Å². The minimum Gasteiger partial charge on any atom is -0.370 e. The van der Waals surface area contributed by atoms with Crippen molar-refractivity contribution in [1.29, 1.82) is 5.26 Å². The molecule has 0 amide bonds. The highest BCUT2D eigenvalue weighted by atomic mass is 15.1. The molecule has 16 heavy (non-hydrogen) atoms. The van der Waals surface area contributed by atoms with E-state index in [0.29, 0.717) is 0 Å². The summed E-state index contributed by atoms with van der Waals surface area (Å²) in [5.41, 5.74) is 3.11. The number of anilines is 1. The molecule has 0 N–H and O–H groups in total. The predicted octanol–water partition coefficient (Wildman–Crippen LogP) is 3.49. The number of nitrogens with zero attached hydrogens (tertiary/aromatic N) is 2. The molecular formula is C14H20N2. The van der Waals surface area contributed by atoms with Crippen LogP contribution < -0.4 is 4.90 Å². The average Bonchev–Trinajstić information content (AvgIpc) is 2.28. The Bertz CT molecular complexity index is 371. The molecule has 0 saturated heterocycles. The van der Waals surface area contributed by atoms with Gasteiger partial charge in [0, 0.05) is 13.1 Å². The molecule has 0 radical (unpaired) electrons. The van der Waals surface area contributed by atoms with Gasteiger partial charge in [0.05, 0.1) is 11.3 Å². The van der Waals surface area contributed by atoms with Crippen LogP contribution in [-0.4, -0.2) is 13.1 Å². The molecule has 0 spiro atoms. The number of hydrogen-bond acceptors (Lipinski definition) is 2. The number of hydrogen-bond donors (Lipinski definition) is 0. The summed E-state index contributed by atoms with van der Waals surface area (Å²) in [6.07, 6.45) is 2.22. The Labute approximate surface area is 98.5 Å². The van der Waals surface area contributed by atoms with Crippen LogP contribution >= 0.6 is 0 Å². The van der Waals surface area contributed by atoms with Gasteiger partial charge in [-0.15, -0.1) is 0 Å². The van der Waals surface area contributed by atoms with Crippen molar-refractivity contribution in [2.24, 2.45) is 0 Å². The third-order valence-corrected chi connectivity index (χ3v) is 2.66. The maximum absolute atomic E-state index is 9.15. The highest BCUT2D eigenvalue weighted by molar-refractivity contribution is 5.63. The lowest BCUT2D eigenvalue weighted by Crippen LogP contribution is -2.26. The van der Waals surface area contributed by atoms with Gasteiger partial charge in [-0.25, -0.2) is 0 Å². The zero-order valence-corrected chi connectivity index (χ0v) is 10.5. The molecule has 2 heteroatoms. The smallest absolute Gasteiger partial charge is 0.101 e. The van der Waals surface area contributed by atoms with E-state index < -0.39 is 0 Å². The largest absolute Gasteiger partial charge is 0.370 e. The number of nitriles is 1.